The summed E-state index contributed by atoms with van der Waals surface area (Å²) in [6.07, 6.45) is -1.44. The third-order valence-corrected chi connectivity index (χ3v) is 5.25. The summed E-state index contributed by atoms with van der Waals surface area (Å²) in [7, 11) is 2.00. The third kappa shape index (κ3) is 2.86. The molecule has 0 saturated carbocycles. The number of benzene rings is 2. The summed E-state index contributed by atoms with van der Waals surface area (Å²) in [4.78, 5) is 0. The zero-order chi connectivity index (χ0) is 21.8. The highest BCUT2D eigenvalue weighted by Crippen LogP contribution is 2.39. The van der Waals surface area contributed by atoms with Crippen LogP contribution in [0.1, 0.15) is 39.0 Å². The number of para-hydroxylation sites is 1. The molecule has 0 aliphatic carbocycles. The molecule has 3 heteroatoms. The Kier molecular flexibility index (Phi) is 3.86. The Hall–Kier alpha value is -3.12. The first-order valence-electron chi connectivity index (χ1n) is 10.5. The van der Waals surface area contributed by atoms with Crippen molar-refractivity contribution in [3.8, 4) is 17.3 Å². The van der Waals surface area contributed by atoms with E-state index in [0.29, 0.717) is 16.7 Å². The number of nitriles is 1. The highest BCUT2D eigenvalue weighted by molar-refractivity contribution is 6.13. The van der Waals surface area contributed by atoms with Crippen molar-refractivity contribution in [2.75, 3.05) is 0 Å². The number of hydrogen-bond donors (Lipinski definition) is 0. The molecule has 0 aliphatic heterocycles. The number of rotatable bonds is 3. The largest absolute Gasteiger partial charge is 0.455 e. The van der Waals surface area contributed by atoms with Crippen molar-refractivity contribution in [2.24, 2.45) is 13.0 Å². The number of aryl methyl sites for hydroxylation is 2. The van der Waals surface area contributed by atoms with E-state index < -0.39 is 6.37 Å². The van der Waals surface area contributed by atoms with Crippen molar-refractivity contribution < 1.29 is 11.7 Å². The Labute approximate surface area is 168 Å². The van der Waals surface area contributed by atoms with Gasteiger partial charge in [-0.1, -0.05) is 32.0 Å². The molecule has 0 amide bonds. The Morgan fingerprint density at radius 2 is 1.96 bits per heavy atom. The van der Waals surface area contributed by atoms with Gasteiger partial charge in [-0.05, 0) is 42.5 Å². The van der Waals surface area contributed by atoms with Gasteiger partial charge in [0.15, 0.2) is 11.3 Å². The van der Waals surface area contributed by atoms with Crippen molar-refractivity contribution in [2.45, 2.75) is 34.1 Å². The SMILES string of the molecule is [2H]C([2H])(c1cc(C)[n+](C)c(-c2c(C)ccc3oc4c(C#N)cccc4c23)c1)C(C)C. The molecule has 2 aromatic heterocycles. The molecule has 0 fully saturated rings. The van der Waals surface area contributed by atoms with E-state index in [1.165, 1.54) is 0 Å². The molecule has 4 rings (SSSR count). The van der Waals surface area contributed by atoms with Crippen LogP contribution in [0, 0.1) is 31.1 Å². The van der Waals surface area contributed by atoms with E-state index in [9.17, 15) is 5.26 Å². The zero-order valence-electron chi connectivity index (χ0n) is 18.9. The van der Waals surface area contributed by atoms with Crippen LogP contribution in [0.4, 0.5) is 0 Å². The topological polar surface area (TPSA) is 40.8 Å². The van der Waals surface area contributed by atoms with Crippen LogP contribution >= 0.6 is 0 Å². The molecule has 0 radical (unpaired) electrons. The number of fused-ring (bicyclic) bond motifs is 3. The van der Waals surface area contributed by atoms with Crippen LogP contribution in [-0.2, 0) is 13.4 Å². The van der Waals surface area contributed by atoms with Crippen molar-refractivity contribution in [3.05, 3.63) is 64.8 Å². The summed E-state index contributed by atoms with van der Waals surface area (Å²) in [5, 5.41) is 11.4. The molecule has 28 heavy (non-hydrogen) atoms. The summed E-state index contributed by atoms with van der Waals surface area (Å²) in [5.41, 5.74) is 6.50. The van der Waals surface area contributed by atoms with E-state index in [2.05, 4.69) is 17.6 Å². The van der Waals surface area contributed by atoms with Gasteiger partial charge in [0.25, 0.3) is 0 Å². The minimum atomic E-state index is -1.44. The standard InChI is InChI=1S/C25H25N2O/c1-15(2)11-18-12-17(4)27(5)21(13-18)23-16(3)9-10-22-24(23)20-8-6-7-19(14-26)25(20)28-22/h6-10,12-13,15H,11H2,1-5H3/q+1/i11D2. The van der Waals surface area contributed by atoms with Gasteiger partial charge in [0.2, 0.25) is 5.69 Å². The Morgan fingerprint density at radius 1 is 1.18 bits per heavy atom. The van der Waals surface area contributed by atoms with Crippen molar-refractivity contribution in [1.29, 1.82) is 5.26 Å². The lowest BCUT2D eigenvalue weighted by molar-refractivity contribution is -0.666. The summed E-state index contributed by atoms with van der Waals surface area (Å²) >= 11 is 0. The number of hydrogen-bond acceptors (Lipinski definition) is 2. The molecule has 0 bridgehead atoms. The first kappa shape index (κ1) is 15.9. The van der Waals surface area contributed by atoms with Gasteiger partial charge in [-0.3, -0.25) is 0 Å². The fourth-order valence-electron chi connectivity index (χ4n) is 3.87. The summed E-state index contributed by atoms with van der Waals surface area (Å²) < 4.78 is 25.4. The average molecular weight is 372 g/mol. The van der Waals surface area contributed by atoms with Crippen LogP contribution in [0.25, 0.3) is 33.2 Å². The van der Waals surface area contributed by atoms with Crippen LogP contribution in [-0.4, -0.2) is 0 Å². The molecule has 0 saturated heterocycles. The van der Waals surface area contributed by atoms with Crippen molar-refractivity contribution >= 4 is 21.9 Å². The normalized spacial score (nSPS) is 13.0. The molecule has 4 aromatic rings. The zero-order valence-corrected chi connectivity index (χ0v) is 16.9. The van der Waals surface area contributed by atoms with E-state index in [1.807, 2.05) is 64.2 Å². The summed E-state index contributed by atoms with van der Waals surface area (Å²) in [5.74, 6) is -0.151. The Balaban J connectivity index is 2.14. The monoisotopic (exact) mass is 371 g/mol. The predicted octanol–water partition coefficient (Wildman–Crippen LogP) is 5.76. The molecule has 0 N–H and O–H groups in total. The molecular formula is C25H25N2O+. The summed E-state index contributed by atoms with van der Waals surface area (Å²) in [6.45, 7) is 7.86. The maximum atomic E-state index is 9.50. The Morgan fingerprint density at radius 3 is 2.68 bits per heavy atom. The van der Waals surface area contributed by atoms with E-state index in [4.69, 9.17) is 7.16 Å². The van der Waals surface area contributed by atoms with Gasteiger partial charge in [0.05, 0.1) is 11.1 Å². The van der Waals surface area contributed by atoms with Crippen LogP contribution in [0.5, 0.6) is 0 Å². The maximum absolute atomic E-state index is 9.50. The highest BCUT2D eigenvalue weighted by atomic mass is 16.3. The van der Waals surface area contributed by atoms with Gasteiger partial charge in [-0.2, -0.15) is 9.83 Å². The molecule has 0 unspecified atom stereocenters. The Bertz CT molecular complexity index is 1340. The highest BCUT2D eigenvalue weighted by Gasteiger charge is 2.23. The molecule has 0 spiro atoms. The predicted molar refractivity (Wildman–Crippen MR) is 113 cm³/mol. The van der Waals surface area contributed by atoms with Crippen LogP contribution in [0.3, 0.4) is 0 Å². The molecule has 2 heterocycles. The molecular weight excluding hydrogens is 344 g/mol. The average Bonchev–Trinajstić information content (AvgIpc) is 3.09. The maximum Gasteiger partial charge on any atom is 0.213 e. The van der Waals surface area contributed by atoms with E-state index in [-0.39, 0.29) is 5.92 Å². The molecule has 0 atom stereocenters. The number of furan rings is 1. The molecule has 140 valence electrons. The van der Waals surface area contributed by atoms with Gasteiger partial charge < -0.3 is 4.42 Å². The second-order valence-corrected chi connectivity index (χ2v) is 7.66. The van der Waals surface area contributed by atoms with Crippen molar-refractivity contribution in [1.82, 2.24) is 0 Å². The smallest absolute Gasteiger partial charge is 0.213 e. The van der Waals surface area contributed by atoms with Gasteiger partial charge >= 0.3 is 0 Å². The van der Waals surface area contributed by atoms with Crippen LogP contribution < -0.4 is 4.57 Å². The first-order valence-corrected chi connectivity index (χ1v) is 9.53. The molecule has 3 nitrogen and oxygen atoms in total. The second-order valence-electron chi connectivity index (χ2n) is 7.66. The quantitative estimate of drug-likeness (QED) is 0.429. The minimum absolute atomic E-state index is 0.151. The fourth-order valence-corrected chi connectivity index (χ4v) is 3.87. The van der Waals surface area contributed by atoms with Gasteiger partial charge in [-0.15, -0.1) is 0 Å². The fraction of sp³-hybridized carbons (Fsp3) is 0.280. The minimum Gasteiger partial charge on any atom is -0.455 e. The van der Waals surface area contributed by atoms with Crippen LogP contribution in [0.15, 0.2) is 46.9 Å². The van der Waals surface area contributed by atoms with E-state index in [0.717, 1.165) is 38.9 Å². The summed E-state index contributed by atoms with van der Waals surface area (Å²) in [6, 6.07) is 15.7. The van der Waals surface area contributed by atoms with Crippen LogP contribution in [0.2, 0.25) is 0 Å². The number of nitrogens with zero attached hydrogens (tertiary/aromatic N) is 2. The van der Waals surface area contributed by atoms with Gasteiger partial charge in [0.1, 0.15) is 18.7 Å². The first-order chi connectivity index (χ1) is 14.2. The van der Waals surface area contributed by atoms with Gasteiger partial charge in [-0.25, -0.2) is 0 Å². The van der Waals surface area contributed by atoms with Crippen molar-refractivity contribution in [3.63, 3.8) is 0 Å². The lowest BCUT2D eigenvalue weighted by atomic mass is 9.94. The number of pyridine rings is 1. The molecule has 0 aliphatic rings. The van der Waals surface area contributed by atoms with Gasteiger partial charge in [0, 0.05) is 32.6 Å². The van der Waals surface area contributed by atoms with E-state index >= 15 is 0 Å². The third-order valence-electron chi connectivity index (χ3n) is 5.25. The van der Waals surface area contributed by atoms with E-state index in [1.54, 1.807) is 6.07 Å². The second kappa shape index (κ2) is 6.80. The molecule has 2 aromatic carbocycles. The number of aromatic nitrogens is 1. The lowest BCUT2D eigenvalue weighted by Gasteiger charge is -2.11. The lowest BCUT2D eigenvalue weighted by Crippen LogP contribution is -2.35.